The number of aliphatic hydroxyl groups excluding tert-OH is 2. The minimum atomic E-state index is -1.96. The van der Waals surface area contributed by atoms with Crippen LogP contribution < -0.4 is 74.9 Å². The Bertz CT molecular complexity index is 4510. The number of aliphatic hydroxyl groups is 2. The van der Waals surface area contributed by atoms with Gasteiger partial charge in [0.2, 0.25) is 82.7 Å². The fraction of sp³-hybridized carbons (Fsp3) is 0.463. The van der Waals surface area contributed by atoms with Crippen LogP contribution in [0.3, 0.4) is 0 Å². The molecule has 22 N–H and O–H groups in total. The Labute approximate surface area is 679 Å². The molecule has 6 aromatic rings. The number of nitrogens with two attached hydrogens (primary N) is 1. The number of imidazole rings is 1. The smallest absolute Gasteiger partial charge is 0.303 e. The number of H-pyrrole nitrogens is 2. The van der Waals surface area contributed by atoms with E-state index in [-0.39, 0.29) is 94.4 Å². The Kier molecular flexibility index (Phi) is 34.2. The summed E-state index contributed by atoms with van der Waals surface area (Å²) in [5, 5.41) is 86.8. The number of phenolic OH excluding ortho intramolecular Hbond substituents is 2. The highest BCUT2D eigenvalue weighted by molar-refractivity contribution is 6.01. The van der Waals surface area contributed by atoms with Gasteiger partial charge in [0.1, 0.15) is 89.6 Å². The van der Waals surface area contributed by atoms with E-state index in [1.807, 2.05) is 0 Å². The van der Waals surface area contributed by atoms with Crippen LogP contribution in [0.4, 0.5) is 0 Å². The van der Waals surface area contributed by atoms with E-state index in [9.17, 15) is 87.9 Å². The van der Waals surface area contributed by atoms with Crippen molar-refractivity contribution in [2.45, 2.75) is 230 Å². The molecule has 118 heavy (non-hydrogen) atoms. The van der Waals surface area contributed by atoms with Crippen LogP contribution in [0.15, 0.2) is 110 Å². The summed E-state index contributed by atoms with van der Waals surface area (Å²) in [5.74, 6) is -15.5. The number of carboxylic acid groups (broad SMARTS) is 1. The lowest BCUT2D eigenvalue weighted by molar-refractivity contribution is -0.139. The first-order chi connectivity index (χ1) is 55.9. The number of hydrogen-bond donors (Lipinski definition) is 21. The number of fused-ring (bicyclic) bond motifs is 42. The maximum absolute atomic E-state index is 15.1. The maximum Gasteiger partial charge on any atom is 0.303 e. The van der Waals surface area contributed by atoms with Gasteiger partial charge in [-0.1, -0.05) is 96.0 Å². The third-order valence-corrected chi connectivity index (χ3v) is 19.4. The number of aromatic hydroxyl groups is 2. The van der Waals surface area contributed by atoms with E-state index in [4.69, 9.17) is 5.73 Å². The van der Waals surface area contributed by atoms with Crippen LogP contribution in [-0.2, 0) is 111 Å². The normalized spacial score (nSPS) is 23.5. The molecule has 0 spiro atoms. The van der Waals surface area contributed by atoms with E-state index in [1.165, 1.54) is 80.4 Å². The van der Waals surface area contributed by atoms with Crippen LogP contribution in [0.5, 0.6) is 11.5 Å². The topological polar surface area (TPSA) is 597 Å². The van der Waals surface area contributed by atoms with Crippen molar-refractivity contribution in [1.29, 1.82) is 0 Å². The molecule has 38 nitrogen and oxygen atoms in total. The molecule has 38 heteroatoms. The van der Waals surface area contributed by atoms with Gasteiger partial charge in [0.15, 0.2) is 0 Å². The minimum Gasteiger partial charge on any atom is -0.508 e. The first-order valence-electron chi connectivity index (χ1n) is 38.7. The quantitative estimate of drug-likeness (QED) is 0.0399. The summed E-state index contributed by atoms with van der Waals surface area (Å²) in [6, 6.07) is 0.888. The zero-order valence-electron chi connectivity index (χ0n) is 66.7. The molecular weight excluding hydrogens is 1530 g/mol. The molecule has 2 aliphatic rings. The number of phenols is 2. The second kappa shape index (κ2) is 43.7. The van der Waals surface area contributed by atoms with Crippen LogP contribution >= 0.6 is 0 Å². The highest BCUT2D eigenvalue weighted by Gasteiger charge is 2.41. The van der Waals surface area contributed by atoms with Gasteiger partial charge < -0.3 is 110 Å². The number of aromatic amines is 2. The second-order valence-electron chi connectivity index (χ2n) is 30.2. The molecule has 14 amide bonds. The molecule has 5 heterocycles. The predicted molar refractivity (Wildman–Crippen MR) is 424 cm³/mol. The molecular formula is C80H106N18O20. The maximum atomic E-state index is 15.1. The van der Waals surface area contributed by atoms with Gasteiger partial charge in [-0.15, -0.1) is 0 Å². The average Bonchev–Trinajstić information content (AvgIpc) is 1.57. The number of amides is 14. The summed E-state index contributed by atoms with van der Waals surface area (Å²) in [5.41, 5.74) is 7.31. The van der Waals surface area contributed by atoms with Gasteiger partial charge in [0.25, 0.3) is 0 Å². The molecule has 3 aromatic heterocycles. The summed E-state index contributed by atoms with van der Waals surface area (Å²) in [6.07, 6.45) is -1.41. The number of nitrogens with zero attached hydrogens (tertiary/aromatic N) is 2. The standard InChI is InChI=1S/C80H106N18O20/c1-9-12-53-69(108)90-56(28-30-63(105)106)70(109)92-58(33-45-19-23-50(102)24-20-45)73(112)89-54(13-10-2)71(110)96-64(41(3)99)77(116)91-57(67(81)107)32-44-15-17-47(18-16-44)37-84-62(104)29-27-55(87-43(5)101)72(111)98-66(80(6,7)8)79(118)95-59(34-46-21-25-51(103)26-22-46)74(113)93-61(36-49-39-82-40-86-49)76(115)97-65(42(4)100)78(117)94-60(75(114)88-53)35-48-38-85-68-52(48)14-11-31-83-68/h11,14-26,31,38-42,53-61,64-66,99-100,102-103H,9-10,12-13,27-30,32-37H2,1-8H3,(H2,81,107)(H,82,86)(H,83,85)(H,84,104)(H,87,101)(H,88,114)(H,89,112)(H,90,108)(H,91,116)(H,92,109)(H,93,113)(H,94,117)(H,95,118)(H,96,110)(H,97,115)(H,98,111)(H,105,106)/t41-,42-,53+,54+,55+,56+,57+,58+,59+,60+,61+,64+,65+,66-/m1/s1. The lowest BCUT2D eigenvalue weighted by Gasteiger charge is -2.33. The first kappa shape index (κ1) is 92.3. The molecule has 0 fully saturated rings. The summed E-state index contributed by atoms with van der Waals surface area (Å²) < 4.78 is 0. The summed E-state index contributed by atoms with van der Waals surface area (Å²) >= 11 is 0. The Morgan fingerprint density at radius 1 is 0.542 bits per heavy atom. The fourth-order valence-electron chi connectivity index (χ4n) is 12.9. The van der Waals surface area contributed by atoms with Gasteiger partial charge in [-0.05, 0) is 109 Å². The molecule has 14 atom stereocenters. The van der Waals surface area contributed by atoms with Crippen molar-refractivity contribution in [1.82, 2.24) is 89.1 Å². The molecule has 0 aliphatic carbocycles. The molecule has 0 saturated heterocycles. The third kappa shape index (κ3) is 28.3. The molecule has 0 unspecified atom stereocenters. The summed E-state index contributed by atoms with van der Waals surface area (Å²) in [6.45, 7) is 11.5. The second-order valence-corrected chi connectivity index (χ2v) is 30.2. The van der Waals surface area contributed by atoms with Crippen LogP contribution in [0.25, 0.3) is 11.0 Å². The number of carbonyl (C=O) groups excluding carboxylic acids is 14. The summed E-state index contributed by atoms with van der Waals surface area (Å²) in [4.78, 5) is 228. The van der Waals surface area contributed by atoms with Gasteiger partial charge in [-0.2, -0.15) is 0 Å². The lowest BCUT2D eigenvalue weighted by atomic mass is 9.85. The van der Waals surface area contributed by atoms with E-state index in [0.29, 0.717) is 38.9 Å². The number of carboxylic acids is 1. The monoisotopic (exact) mass is 1640 g/mol. The summed E-state index contributed by atoms with van der Waals surface area (Å²) in [7, 11) is 0. The molecule has 0 saturated carbocycles. The Hall–Kier alpha value is -12.9. The van der Waals surface area contributed by atoms with E-state index >= 15 is 9.59 Å². The van der Waals surface area contributed by atoms with E-state index in [2.05, 4.69) is 89.1 Å². The Balaban J connectivity index is 1.27. The molecule has 636 valence electrons. The van der Waals surface area contributed by atoms with E-state index in [1.54, 1.807) is 71.0 Å². The lowest BCUT2D eigenvalue weighted by Crippen LogP contribution is -2.63. The first-order valence-corrected chi connectivity index (χ1v) is 38.7. The Morgan fingerprint density at radius 2 is 1.00 bits per heavy atom. The zero-order valence-corrected chi connectivity index (χ0v) is 66.7. The Morgan fingerprint density at radius 3 is 1.48 bits per heavy atom. The largest absolute Gasteiger partial charge is 0.508 e. The predicted octanol–water partition coefficient (Wildman–Crippen LogP) is -1.78. The van der Waals surface area contributed by atoms with Crippen molar-refractivity contribution in [3.05, 3.63) is 143 Å². The number of hydrogen-bond acceptors (Lipinski definition) is 21. The molecule has 2 bridgehead atoms. The van der Waals surface area contributed by atoms with Gasteiger partial charge in [0.05, 0.1) is 18.5 Å². The van der Waals surface area contributed by atoms with Gasteiger partial charge in [0, 0.05) is 88.1 Å². The van der Waals surface area contributed by atoms with Gasteiger partial charge >= 0.3 is 5.97 Å². The van der Waals surface area contributed by atoms with Gasteiger partial charge in [-0.25, -0.2) is 9.97 Å². The number of nitrogens with one attached hydrogen (secondary N) is 15. The average molecular weight is 1640 g/mol. The number of primary amides is 1. The van der Waals surface area contributed by atoms with Crippen molar-refractivity contribution >= 4 is 99.7 Å². The number of carbonyl (C=O) groups is 15. The van der Waals surface area contributed by atoms with Crippen molar-refractivity contribution < 1.29 is 97.5 Å². The molecule has 2 aliphatic heterocycles. The minimum absolute atomic E-state index is 0.0730. The third-order valence-electron chi connectivity index (χ3n) is 19.4. The van der Waals surface area contributed by atoms with Crippen molar-refractivity contribution in [2.75, 3.05) is 0 Å². The van der Waals surface area contributed by atoms with Crippen molar-refractivity contribution in [2.24, 2.45) is 11.1 Å². The van der Waals surface area contributed by atoms with Crippen molar-refractivity contribution in [3.63, 3.8) is 0 Å². The number of aromatic nitrogens is 4. The molecule has 8 rings (SSSR count). The highest BCUT2D eigenvalue weighted by Crippen LogP contribution is 2.23. The van der Waals surface area contributed by atoms with Crippen LogP contribution in [0, 0.1) is 5.41 Å². The number of aliphatic carboxylic acids is 1. The van der Waals surface area contributed by atoms with Crippen LogP contribution in [0.1, 0.15) is 140 Å². The number of benzene rings is 3. The van der Waals surface area contributed by atoms with E-state index in [0.717, 1.165) is 13.8 Å². The number of pyridine rings is 1. The van der Waals surface area contributed by atoms with Gasteiger partial charge in [-0.3, -0.25) is 71.9 Å². The van der Waals surface area contributed by atoms with Crippen LogP contribution in [-0.4, -0.2) is 219 Å². The van der Waals surface area contributed by atoms with E-state index < -0.39 is 192 Å². The fourth-order valence-corrected chi connectivity index (χ4v) is 12.9. The van der Waals surface area contributed by atoms with Crippen molar-refractivity contribution in [3.8, 4) is 11.5 Å². The number of rotatable bonds is 19. The van der Waals surface area contributed by atoms with Crippen LogP contribution in [0.2, 0.25) is 0 Å². The highest BCUT2D eigenvalue weighted by atomic mass is 16.4. The SMILES string of the molecule is CCC[C@@H]1NC(=O)[C@H](Cc2c[nH]c3ncccc23)NC(=O)[C@H]([C@@H](C)O)NC(=O)[C@H](Cc2cnc[nH]2)NC(=O)[C@H](Cc2ccc(O)cc2)NC(=O)[C@H](C(C)(C)C)NC(=O)[C@@H](NC(C)=O)CCC(=O)NCc2ccc(cc2)C[C@@H](C(N)=O)NC(=O)[C@H]([C@@H](C)O)NC(=O)[C@H](CCC)NC(=O)[C@H](Cc2ccc(O)cc2)NC(=O)[C@H](CCC(=O)O)NC1=O. The molecule has 0 radical (unpaired) electrons. The molecule has 3 aromatic carbocycles. The zero-order chi connectivity index (χ0) is 86.7.